The van der Waals surface area contributed by atoms with Crippen LogP contribution >= 0.6 is 7.82 Å². The largest absolute Gasteiger partial charge is 0.472 e. The van der Waals surface area contributed by atoms with Gasteiger partial charge >= 0.3 is 13.8 Å². The average Bonchev–Trinajstić information content (AvgIpc) is 3.36. The van der Waals surface area contributed by atoms with Crippen LogP contribution in [0.4, 0.5) is 0 Å². The summed E-state index contributed by atoms with van der Waals surface area (Å²) in [5.74, 6) is -0.496. The average molecular weight is 1070 g/mol. The van der Waals surface area contributed by atoms with Gasteiger partial charge in [-0.3, -0.25) is 18.6 Å². The molecule has 0 aliphatic carbocycles. The van der Waals surface area contributed by atoms with Crippen molar-refractivity contribution in [2.75, 3.05) is 40.9 Å². The van der Waals surface area contributed by atoms with Crippen molar-refractivity contribution < 1.29 is 37.3 Å². The molecular formula is C64H126N2O7P+. The molecule has 9 nitrogen and oxygen atoms in total. The first-order chi connectivity index (χ1) is 35.9. The molecule has 1 amide bonds. The van der Waals surface area contributed by atoms with Crippen LogP contribution in [-0.4, -0.2) is 74.3 Å². The fourth-order valence-electron chi connectivity index (χ4n) is 9.64. The SMILES string of the molecule is CCCCCCCCC/C=C/CCCCCCCC(=O)NC(COP(=O)(O)OCC[N+](C)(C)C)C(/C=C/CCCCCCCCCCCCC)OC(=O)CCCCCCCCCCCCCCCCCCCCC. The third-order valence-electron chi connectivity index (χ3n) is 14.6. The quantitative estimate of drug-likeness (QED) is 0.0205. The summed E-state index contributed by atoms with van der Waals surface area (Å²) >= 11 is 0. The van der Waals surface area contributed by atoms with Crippen molar-refractivity contribution >= 4 is 19.7 Å². The highest BCUT2D eigenvalue weighted by atomic mass is 31.2. The van der Waals surface area contributed by atoms with Gasteiger partial charge in [0.15, 0.2) is 0 Å². The number of carbonyl (C=O) groups excluding carboxylic acids is 2. The van der Waals surface area contributed by atoms with Crippen molar-refractivity contribution in [2.45, 2.75) is 335 Å². The highest BCUT2D eigenvalue weighted by Gasteiger charge is 2.30. The molecule has 0 spiro atoms. The van der Waals surface area contributed by atoms with Crippen LogP contribution < -0.4 is 5.32 Å². The van der Waals surface area contributed by atoms with E-state index >= 15 is 0 Å². The number of nitrogens with one attached hydrogen (secondary N) is 1. The summed E-state index contributed by atoms with van der Waals surface area (Å²) in [6, 6.07) is -0.847. The number of phosphoric acid groups is 1. The topological polar surface area (TPSA) is 111 Å². The van der Waals surface area contributed by atoms with Gasteiger partial charge < -0.3 is 19.4 Å². The number of amides is 1. The first kappa shape index (κ1) is 72.5. The van der Waals surface area contributed by atoms with Gasteiger partial charge in [0.1, 0.15) is 19.3 Å². The molecule has 0 aliphatic rings. The molecule has 3 atom stereocenters. The van der Waals surface area contributed by atoms with E-state index in [1.807, 2.05) is 33.3 Å². The van der Waals surface area contributed by atoms with Crippen molar-refractivity contribution in [3.05, 3.63) is 24.3 Å². The number of rotatable bonds is 59. The van der Waals surface area contributed by atoms with Crippen LogP contribution in [0.25, 0.3) is 0 Å². The number of allylic oxidation sites excluding steroid dienone is 3. The predicted molar refractivity (Wildman–Crippen MR) is 319 cm³/mol. The lowest BCUT2D eigenvalue weighted by Gasteiger charge is -2.27. The molecule has 2 N–H and O–H groups in total. The maximum atomic E-state index is 13.5. The number of phosphoric ester groups is 1. The molecule has 3 unspecified atom stereocenters. The lowest BCUT2D eigenvalue weighted by Crippen LogP contribution is -2.47. The monoisotopic (exact) mass is 1070 g/mol. The summed E-state index contributed by atoms with van der Waals surface area (Å²) in [7, 11) is 1.51. The van der Waals surface area contributed by atoms with Crippen LogP contribution in [0.1, 0.15) is 323 Å². The second-order valence-corrected chi connectivity index (χ2v) is 24.7. The zero-order valence-corrected chi connectivity index (χ0v) is 51.0. The van der Waals surface area contributed by atoms with E-state index in [0.717, 1.165) is 77.0 Å². The van der Waals surface area contributed by atoms with E-state index in [2.05, 4.69) is 38.2 Å². The van der Waals surface area contributed by atoms with Crippen molar-refractivity contribution in [1.82, 2.24) is 5.32 Å². The lowest BCUT2D eigenvalue weighted by atomic mass is 10.0. The normalized spacial score (nSPS) is 13.8. The lowest BCUT2D eigenvalue weighted by molar-refractivity contribution is -0.870. The Bertz CT molecular complexity index is 1320. The third kappa shape index (κ3) is 55.3. The van der Waals surface area contributed by atoms with Gasteiger partial charge in [-0.25, -0.2) is 4.57 Å². The highest BCUT2D eigenvalue weighted by Crippen LogP contribution is 2.43. The molecule has 0 radical (unpaired) electrons. The smallest absolute Gasteiger partial charge is 0.456 e. The van der Waals surface area contributed by atoms with Crippen LogP contribution in [0, 0.1) is 0 Å². The first-order valence-corrected chi connectivity index (χ1v) is 33.7. The fraction of sp³-hybridized carbons (Fsp3) is 0.906. The standard InChI is InChI=1S/C64H125N2O7P/c1-7-10-13-16-19-22-25-28-30-32-33-34-36-39-42-45-48-51-54-57-64(68)73-62(55-52-49-46-43-40-37-27-24-21-18-15-12-9-3)61(60-72-74(69,70)71-59-58-66(4,5)6)65-63(67)56-53-50-47-44-41-38-35-31-29-26-23-20-17-14-11-8-2/h31,35,52,55,61-62H,7-30,32-34,36-51,53-54,56-60H2,1-6H3,(H-,65,67,69,70)/p+1/b35-31+,55-52+. The van der Waals surface area contributed by atoms with Crippen molar-refractivity contribution in [3.63, 3.8) is 0 Å². The molecule has 0 heterocycles. The number of ether oxygens (including phenoxy) is 1. The van der Waals surface area contributed by atoms with Crippen molar-refractivity contribution in [1.29, 1.82) is 0 Å². The van der Waals surface area contributed by atoms with E-state index in [0.29, 0.717) is 23.9 Å². The van der Waals surface area contributed by atoms with E-state index in [9.17, 15) is 19.0 Å². The highest BCUT2D eigenvalue weighted by molar-refractivity contribution is 7.47. The number of hydrogen-bond acceptors (Lipinski definition) is 6. The summed E-state index contributed by atoms with van der Waals surface area (Å²) in [5, 5.41) is 3.06. The van der Waals surface area contributed by atoms with Crippen LogP contribution in [0.15, 0.2) is 24.3 Å². The number of carbonyl (C=O) groups is 2. The summed E-state index contributed by atoms with van der Waals surface area (Å²) in [4.78, 5) is 37.7. The molecule has 0 aromatic heterocycles. The van der Waals surface area contributed by atoms with Crippen LogP contribution in [0.2, 0.25) is 0 Å². The second kappa shape index (κ2) is 54.8. The molecule has 74 heavy (non-hydrogen) atoms. The number of hydrogen-bond donors (Lipinski definition) is 2. The van der Waals surface area contributed by atoms with Crippen molar-refractivity contribution in [2.24, 2.45) is 0 Å². The van der Waals surface area contributed by atoms with Crippen LogP contribution in [0.3, 0.4) is 0 Å². The van der Waals surface area contributed by atoms with Gasteiger partial charge in [-0.05, 0) is 57.4 Å². The number of quaternary nitrogens is 1. The zero-order valence-electron chi connectivity index (χ0n) is 50.1. The van der Waals surface area contributed by atoms with E-state index in [-0.39, 0.29) is 25.1 Å². The third-order valence-corrected chi connectivity index (χ3v) is 15.6. The van der Waals surface area contributed by atoms with E-state index in [1.165, 1.54) is 212 Å². The number of nitrogens with zero attached hydrogens (tertiary/aromatic N) is 1. The predicted octanol–water partition coefficient (Wildman–Crippen LogP) is 19.7. The minimum Gasteiger partial charge on any atom is -0.456 e. The summed E-state index contributed by atoms with van der Waals surface area (Å²) in [6.07, 6.45) is 64.6. The summed E-state index contributed by atoms with van der Waals surface area (Å²) in [5.41, 5.74) is 0. The summed E-state index contributed by atoms with van der Waals surface area (Å²) < 4.78 is 30.7. The number of likely N-dealkylation sites (N-methyl/N-ethyl adjacent to an activating group) is 1. The van der Waals surface area contributed by atoms with Gasteiger partial charge in [0.25, 0.3) is 0 Å². The Morgan fingerprint density at radius 1 is 0.459 bits per heavy atom. The molecule has 0 saturated carbocycles. The zero-order chi connectivity index (χ0) is 54.3. The number of unbranched alkanes of at least 4 members (excludes halogenated alkanes) is 41. The van der Waals surface area contributed by atoms with Gasteiger partial charge in [0.05, 0.1) is 33.8 Å². The Morgan fingerprint density at radius 2 is 0.784 bits per heavy atom. The maximum absolute atomic E-state index is 13.5. The minimum absolute atomic E-state index is 0.0422. The second-order valence-electron chi connectivity index (χ2n) is 23.3. The first-order valence-electron chi connectivity index (χ1n) is 32.2. The van der Waals surface area contributed by atoms with Gasteiger partial charge in [-0.1, -0.05) is 277 Å². The van der Waals surface area contributed by atoms with Gasteiger partial charge in [0, 0.05) is 12.8 Å². The van der Waals surface area contributed by atoms with E-state index in [1.54, 1.807) is 0 Å². The molecular weight excluding hydrogens is 940 g/mol. The Kier molecular flexibility index (Phi) is 53.7. The molecule has 0 saturated heterocycles. The molecule has 0 aromatic rings. The molecule has 0 aliphatic heterocycles. The summed E-state index contributed by atoms with van der Waals surface area (Å²) in [6.45, 7) is 7.05. The maximum Gasteiger partial charge on any atom is 0.472 e. The van der Waals surface area contributed by atoms with Gasteiger partial charge in [-0.2, -0.15) is 0 Å². The minimum atomic E-state index is -4.45. The molecule has 0 bridgehead atoms. The van der Waals surface area contributed by atoms with Crippen LogP contribution in [0.5, 0.6) is 0 Å². The van der Waals surface area contributed by atoms with Gasteiger partial charge in [0.2, 0.25) is 5.91 Å². The molecule has 0 fully saturated rings. The molecule has 10 heteroatoms. The molecule has 0 rings (SSSR count). The number of esters is 1. The molecule has 438 valence electrons. The Balaban J connectivity index is 5.23. The Morgan fingerprint density at radius 3 is 1.15 bits per heavy atom. The Hall–Kier alpha value is -1.51. The van der Waals surface area contributed by atoms with E-state index in [4.69, 9.17) is 13.8 Å². The van der Waals surface area contributed by atoms with Gasteiger partial charge in [-0.15, -0.1) is 0 Å². The fourth-order valence-corrected chi connectivity index (χ4v) is 10.4. The Labute approximate surface area is 460 Å². The molecule has 0 aromatic carbocycles. The van der Waals surface area contributed by atoms with E-state index < -0.39 is 20.0 Å². The van der Waals surface area contributed by atoms with Crippen LogP contribution in [-0.2, 0) is 27.9 Å². The van der Waals surface area contributed by atoms with Crippen molar-refractivity contribution in [3.8, 4) is 0 Å².